The molecule has 3 aromatic rings. The zero-order chi connectivity index (χ0) is 26.5. The topological polar surface area (TPSA) is 87.7 Å². The van der Waals surface area contributed by atoms with Gasteiger partial charge in [-0.2, -0.15) is 0 Å². The highest BCUT2D eigenvalue weighted by molar-refractivity contribution is 6.12. The van der Waals surface area contributed by atoms with Crippen molar-refractivity contribution in [3.8, 4) is 0 Å². The van der Waals surface area contributed by atoms with E-state index in [1.807, 2.05) is 69.3 Å². The number of carbonyl (C=O) groups is 3. The monoisotopic (exact) mass is 499 g/mol. The maximum Gasteiger partial charge on any atom is 0.338 e. The highest BCUT2D eigenvalue weighted by atomic mass is 16.5. The second-order valence-corrected chi connectivity index (χ2v) is 9.63. The van der Waals surface area contributed by atoms with Crippen molar-refractivity contribution in [2.24, 2.45) is 5.92 Å². The number of amides is 3. The molecule has 0 fully saturated rings. The van der Waals surface area contributed by atoms with Crippen LogP contribution in [0.2, 0.25) is 0 Å². The normalized spacial score (nSPS) is 15.6. The van der Waals surface area contributed by atoms with Crippen LogP contribution in [0.15, 0.2) is 78.0 Å². The van der Waals surface area contributed by atoms with Crippen LogP contribution in [-0.4, -0.2) is 36.0 Å². The number of esters is 1. The van der Waals surface area contributed by atoms with E-state index in [2.05, 4.69) is 10.6 Å². The number of nitrogens with zero attached hydrogens (tertiary/aromatic N) is 1. The molecule has 192 valence electrons. The van der Waals surface area contributed by atoms with E-state index in [4.69, 9.17) is 4.74 Å². The number of hydrogen-bond donors (Lipinski definition) is 2. The third-order valence-electron chi connectivity index (χ3n) is 6.35. The number of ether oxygens (including phenoxy) is 1. The zero-order valence-electron chi connectivity index (χ0n) is 21.7. The van der Waals surface area contributed by atoms with E-state index in [1.165, 1.54) is 0 Å². The molecule has 4 rings (SSSR count). The number of rotatable bonds is 8. The van der Waals surface area contributed by atoms with Crippen LogP contribution in [0.3, 0.4) is 0 Å². The molecule has 0 saturated heterocycles. The van der Waals surface area contributed by atoms with Crippen LogP contribution < -0.4 is 10.6 Å². The molecule has 7 heteroatoms. The predicted octanol–water partition coefficient (Wildman–Crippen LogP) is 6.04. The Morgan fingerprint density at radius 2 is 1.73 bits per heavy atom. The molecule has 2 N–H and O–H groups in total. The average molecular weight is 500 g/mol. The van der Waals surface area contributed by atoms with Gasteiger partial charge in [0.15, 0.2) is 0 Å². The molecule has 1 atom stereocenters. The van der Waals surface area contributed by atoms with Gasteiger partial charge in [-0.1, -0.05) is 69.3 Å². The molecule has 1 heterocycles. The van der Waals surface area contributed by atoms with Crippen LogP contribution in [-0.2, 0) is 9.53 Å². The Hall–Kier alpha value is -4.13. The van der Waals surface area contributed by atoms with Crippen molar-refractivity contribution in [3.63, 3.8) is 0 Å². The van der Waals surface area contributed by atoms with E-state index in [9.17, 15) is 14.4 Å². The van der Waals surface area contributed by atoms with Crippen LogP contribution in [0.1, 0.15) is 56.1 Å². The van der Waals surface area contributed by atoms with E-state index >= 15 is 0 Å². The minimum absolute atomic E-state index is 0.192. The van der Waals surface area contributed by atoms with Gasteiger partial charge in [-0.05, 0) is 53.8 Å². The lowest BCUT2D eigenvalue weighted by Crippen LogP contribution is -2.48. The number of urea groups is 1. The Kier molecular flexibility index (Phi) is 7.92. The van der Waals surface area contributed by atoms with Gasteiger partial charge in [0.2, 0.25) is 0 Å². The van der Waals surface area contributed by atoms with Crippen molar-refractivity contribution in [1.29, 1.82) is 0 Å². The summed E-state index contributed by atoms with van der Waals surface area (Å²) in [6.07, 6.45) is 0.759. The fourth-order valence-corrected chi connectivity index (χ4v) is 4.49. The molecule has 0 bridgehead atoms. The summed E-state index contributed by atoms with van der Waals surface area (Å²) in [5.74, 6) is -0.456. The Morgan fingerprint density at radius 1 is 1.03 bits per heavy atom. The van der Waals surface area contributed by atoms with Crippen molar-refractivity contribution in [2.45, 2.75) is 40.2 Å². The van der Waals surface area contributed by atoms with Crippen LogP contribution >= 0.6 is 0 Å². The fourth-order valence-electron chi connectivity index (χ4n) is 4.49. The lowest BCUT2D eigenvalue weighted by Gasteiger charge is -2.35. The largest absolute Gasteiger partial charge is 0.462 e. The van der Waals surface area contributed by atoms with Gasteiger partial charge in [-0.15, -0.1) is 0 Å². The van der Waals surface area contributed by atoms with Crippen LogP contribution in [0, 0.1) is 5.92 Å². The third kappa shape index (κ3) is 5.66. The lowest BCUT2D eigenvalue weighted by molar-refractivity contribution is -0.140. The summed E-state index contributed by atoms with van der Waals surface area (Å²) in [7, 11) is 0. The van der Waals surface area contributed by atoms with E-state index in [0.29, 0.717) is 35.7 Å². The summed E-state index contributed by atoms with van der Waals surface area (Å²) in [6.45, 7) is 8.51. The SMILES string of the molecule is CCCN1C(=O)NC(c2ccc(NC(=O)c3cccc4ccccc34)cc2)C(C(=O)OCC(C)C)=C1C. The summed E-state index contributed by atoms with van der Waals surface area (Å²) in [5.41, 5.74) is 2.94. The summed E-state index contributed by atoms with van der Waals surface area (Å²) in [5, 5.41) is 7.79. The van der Waals surface area contributed by atoms with Crippen molar-refractivity contribution in [3.05, 3.63) is 89.1 Å². The lowest BCUT2D eigenvalue weighted by atomic mass is 9.94. The maximum atomic E-state index is 13.1. The number of carbonyl (C=O) groups excluding carboxylic acids is 3. The summed E-state index contributed by atoms with van der Waals surface area (Å²) < 4.78 is 5.56. The second-order valence-electron chi connectivity index (χ2n) is 9.63. The van der Waals surface area contributed by atoms with Gasteiger partial charge in [0.05, 0.1) is 18.2 Å². The molecule has 3 amide bonds. The molecule has 0 saturated carbocycles. The standard InChI is InChI=1S/C30H33N3O4/c1-5-17-33-20(4)26(29(35)37-18-19(2)3)27(32-30(33)36)22-13-15-23(16-14-22)31-28(34)25-12-8-10-21-9-6-7-11-24(21)25/h6-16,19,27H,5,17-18H2,1-4H3,(H,31,34)(H,32,36). The third-order valence-corrected chi connectivity index (χ3v) is 6.35. The Morgan fingerprint density at radius 3 is 2.43 bits per heavy atom. The molecule has 1 aliphatic heterocycles. The highest BCUT2D eigenvalue weighted by Crippen LogP contribution is 2.32. The number of benzene rings is 3. The van der Waals surface area contributed by atoms with Crippen molar-refractivity contribution < 1.29 is 19.1 Å². The first kappa shape index (κ1) is 25.9. The highest BCUT2D eigenvalue weighted by Gasteiger charge is 2.36. The summed E-state index contributed by atoms with van der Waals surface area (Å²) >= 11 is 0. The molecule has 37 heavy (non-hydrogen) atoms. The van der Waals surface area contributed by atoms with Crippen LogP contribution in [0.25, 0.3) is 10.8 Å². The van der Waals surface area contributed by atoms with E-state index in [0.717, 1.165) is 22.8 Å². The first-order valence-corrected chi connectivity index (χ1v) is 12.6. The van der Waals surface area contributed by atoms with Gasteiger partial charge in [-0.25, -0.2) is 9.59 Å². The quantitative estimate of drug-likeness (QED) is 0.370. The molecular formula is C30H33N3O4. The van der Waals surface area contributed by atoms with Crippen molar-refractivity contribution in [2.75, 3.05) is 18.5 Å². The number of nitrogens with one attached hydrogen (secondary N) is 2. The molecule has 7 nitrogen and oxygen atoms in total. The first-order valence-electron chi connectivity index (χ1n) is 12.6. The molecule has 0 aromatic heterocycles. The maximum absolute atomic E-state index is 13.1. The van der Waals surface area contributed by atoms with Gasteiger partial charge in [0.25, 0.3) is 5.91 Å². The Bertz CT molecular complexity index is 1340. The van der Waals surface area contributed by atoms with Gasteiger partial charge in [0.1, 0.15) is 0 Å². The zero-order valence-corrected chi connectivity index (χ0v) is 21.7. The first-order chi connectivity index (χ1) is 17.8. The predicted molar refractivity (Wildman–Crippen MR) is 145 cm³/mol. The number of hydrogen-bond acceptors (Lipinski definition) is 4. The summed E-state index contributed by atoms with van der Waals surface area (Å²) in [6, 6.07) is 19.6. The summed E-state index contributed by atoms with van der Waals surface area (Å²) in [4.78, 5) is 40.6. The van der Waals surface area contributed by atoms with Crippen molar-refractivity contribution in [1.82, 2.24) is 10.2 Å². The Labute approximate surface area is 217 Å². The number of fused-ring (bicyclic) bond motifs is 1. The van der Waals surface area contributed by atoms with Gasteiger partial charge < -0.3 is 15.4 Å². The van der Waals surface area contributed by atoms with E-state index in [1.54, 1.807) is 30.0 Å². The van der Waals surface area contributed by atoms with Crippen molar-refractivity contribution >= 4 is 34.4 Å². The molecular weight excluding hydrogens is 466 g/mol. The minimum Gasteiger partial charge on any atom is -0.462 e. The van der Waals surface area contributed by atoms with Gasteiger partial charge in [0, 0.05) is 23.5 Å². The smallest absolute Gasteiger partial charge is 0.338 e. The minimum atomic E-state index is -0.650. The molecule has 3 aromatic carbocycles. The second kappa shape index (κ2) is 11.3. The van der Waals surface area contributed by atoms with E-state index < -0.39 is 12.0 Å². The fraction of sp³-hybridized carbons (Fsp3) is 0.300. The molecule has 1 aliphatic rings. The Balaban J connectivity index is 1.59. The number of anilines is 1. The molecule has 1 unspecified atom stereocenters. The van der Waals surface area contributed by atoms with Crippen LogP contribution in [0.4, 0.5) is 10.5 Å². The van der Waals surface area contributed by atoms with Gasteiger partial charge in [-0.3, -0.25) is 9.69 Å². The molecule has 0 radical (unpaired) electrons. The molecule has 0 spiro atoms. The van der Waals surface area contributed by atoms with Crippen LogP contribution in [0.5, 0.6) is 0 Å². The average Bonchev–Trinajstić information content (AvgIpc) is 2.89. The van der Waals surface area contributed by atoms with Gasteiger partial charge >= 0.3 is 12.0 Å². The van der Waals surface area contributed by atoms with E-state index in [-0.39, 0.29) is 17.9 Å². The number of allylic oxidation sites excluding steroid dienone is 1. The molecule has 0 aliphatic carbocycles.